The second kappa shape index (κ2) is 5.83. The topological polar surface area (TPSA) is 41.9 Å². The molecule has 0 saturated heterocycles. The van der Waals surface area contributed by atoms with E-state index in [9.17, 15) is 4.79 Å². The van der Waals surface area contributed by atoms with Gasteiger partial charge in [0.05, 0.1) is 5.71 Å². The van der Waals surface area contributed by atoms with E-state index >= 15 is 0 Å². The third-order valence-corrected chi connectivity index (χ3v) is 3.88. The van der Waals surface area contributed by atoms with E-state index in [0.29, 0.717) is 24.5 Å². The zero-order valence-electron chi connectivity index (χ0n) is 12.0. The van der Waals surface area contributed by atoms with Gasteiger partial charge < -0.3 is 9.74 Å². The molecule has 1 amide bonds. The van der Waals surface area contributed by atoms with Crippen molar-refractivity contribution < 1.29 is 9.63 Å². The van der Waals surface area contributed by atoms with Gasteiger partial charge in [-0.25, -0.2) is 0 Å². The molecule has 5 heteroatoms. The van der Waals surface area contributed by atoms with Crippen molar-refractivity contribution in [2.24, 2.45) is 5.16 Å². The molecule has 0 aromatic heterocycles. The minimum absolute atomic E-state index is 0.0340. The van der Waals surface area contributed by atoms with Crippen LogP contribution in [0.25, 0.3) is 0 Å². The number of halogens is 1. The fraction of sp³-hybridized carbons (Fsp3) is 0.467. The zero-order valence-corrected chi connectivity index (χ0v) is 12.8. The van der Waals surface area contributed by atoms with Crippen molar-refractivity contribution >= 4 is 23.2 Å². The van der Waals surface area contributed by atoms with Crippen molar-refractivity contribution in [3.8, 4) is 0 Å². The van der Waals surface area contributed by atoms with E-state index in [1.54, 1.807) is 17.9 Å². The molecule has 0 fully saturated rings. The van der Waals surface area contributed by atoms with Crippen molar-refractivity contribution in [1.82, 2.24) is 4.90 Å². The molecule has 1 heterocycles. The van der Waals surface area contributed by atoms with Crippen molar-refractivity contribution in [2.45, 2.75) is 32.8 Å². The van der Waals surface area contributed by atoms with Crippen LogP contribution in [0.5, 0.6) is 0 Å². The predicted octanol–water partition coefficient (Wildman–Crippen LogP) is 3.09. The summed E-state index contributed by atoms with van der Waals surface area (Å²) in [7, 11) is 0. The molecule has 1 unspecified atom stereocenters. The Morgan fingerprint density at radius 1 is 1.40 bits per heavy atom. The molecule has 1 aromatic rings. The van der Waals surface area contributed by atoms with Crippen molar-refractivity contribution in [3.63, 3.8) is 0 Å². The number of likely N-dealkylation sites (N-methyl/N-ethyl adjacent to an activating group) is 1. The molecule has 0 saturated carbocycles. The van der Waals surface area contributed by atoms with Gasteiger partial charge in [-0.3, -0.25) is 4.79 Å². The quantitative estimate of drug-likeness (QED) is 0.856. The third kappa shape index (κ3) is 2.66. The summed E-state index contributed by atoms with van der Waals surface area (Å²) in [5, 5.41) is 4.70. The summed E-state index contributed by atoms with van der Waals surface area (Å²) in [5.41, 5.74) is 0.615. The molecule has 1 atom stereocenters. The maximum atomic E-state index is 12.5. The minimum atomic E-state index is -0.930. The summed E-state index contributed by atoms with van der Waals surface area (Å²) < 4.78 is 0. The molecule has 1 aliphatic heterocycles. The van der Waals surface area contributed by atoms with Gasteiger partial charge in [0.25, 0.3) is 5.91 Å². The van der Waals surface area contributed by atoms with Gasteiger partial charge in [0, 0.05) is 30.1 Å². The van der Waals surface area contributed by atoms with E-state index in [-0.39, 0.29) is 5.91 Å². The van der Waals surface area contributed by atoms with E-state index in [1.807, 2.05) is 32.0 Å². The van der Waals surface area contributed by atoms with Crippen molar-refractivity contribution in [3.05, 3.63) is 34.9 Å². The first-order valence-electron chi connectivity index (χ1n) is 6.81. The van der Waals surface area contributed by atoms with Crippen molar-refractivity contribution in [2.75, 3.05) is 13.1 Å². The molecular formula is C15H19ClN2O2. The number of carbonyl (C=O) groups excluding carboxylic acids is 1. The highest BCUT2D eigenvalue weighted by molar-refractivity contribution is 6.34. The molecule has 2 rings (SSSR count). The fourth-order valence-corrected chi connectivity index (χ4v) is 2.58. The predicted molar refractivity (Wildman–Crippen MR) is 80.0 cm³/mol. The molecule has 20 heavy (non-hydrogen) atoms. The van der Waals surface area contributed by atoms with Gasteiger partial charge in [-0.15, -0.1) is 0 Å². The molecule has 0 aliphatic carbocycles. The average molecular weight is 295 g/mol. The van der Waals surface area contributed by atoms with Gasteiger partial charge in [0.1, 0.15) is 0 Å². The zero-order chi connectivity index (χ0) is 14.8. The number of carbonyl (C=O) groups is 1. The third-order valence-electron chi connectivity index (χ3n) is 3.55. The van der Waals surface area contributed by atoms with E-state index in [1.165, 1.54) is 0 Å². The lowest BCUT2D eigenvalue weighted by molar-refractivity contribution is -0.152. The molecule has 0 N–H and O–H groups in total. The van der Waals surface area contributed by atoms with Crippen LogP contribution in [-0.4, -0.2) is 35.2 Å². The van der Waals surface area contributed by atoms with E-state index in [4.69, 9.17) is 16.4 Å². The van der Waals surface area contributed by atoms with Crippen LogP contribution in [0.2, 0.25) is 5.02 Å². The molecule has 0 spiro atoms. The summed E-state index contributed by atoms with van der Waals surface area (Å²) in [6.07, 6.45) is 0.437. The Balaban J connectivity index is 2.18. The van der Waals surface area contributed by atoms with Crippen LogP contribution in [0, 0.1) is 0 Å². The molecule has 1 aliphatic rings. The number of rotatable bonds is 4. The number of oxime groups is 1. The monoisotopic (exact) mass is 294 g/mol. The van der Waals surface area contributed by atoms with Crippen LogP contribution in [0.15, 0.2) is 29.4 Å². The van der Waals surface area contributed by atoms with Crippen LogP contribution >= 0.6 is 11.6 Å². The van der Waals surface area contributed by atoms with Crippen LogP contribution in [0.3, 0.4) is 0 Å². The van der Waals surface area contributed by atoms with Gasteiger partial charge >= 0.3 is 0 Å². The summed E-state index contributed by atoms with van der Waals surface area (Å²) >= 11 is 6.16. The van der Waals surface area contributed by atoms with Crippen LogP contribution in [0.4, 0.5) is 0 Å². The lowest BCUT2D eigenvalue weighted by atomic mass is 9.94. The van der Waals surface area contributed by atoms with Crippen molar-refractivity contribution in [1.29, 1.82) is 0 Å². The largest absolute Gasteiger partial charge is 0.379 e. The maximum Gasteiger partial charge on any atom is 0.269 e. The first-order valence-corrected chi connectivity index (χ1v) is 7.19. The maximum absolute atomic E-state index is 12.5. The van der Waals surface area contributed by atoms with Crippen LogP contribution < -0.4 is 0 Å². The number of amides is 1. The summed E-state index contributed by atoms with van der Waals surface area (Å²) in [5.74, 6) is -0.0340. The first kappa shape index (κ1) is 14.9. The fourth-order valence-electron chi connectivity index (χ4n) is 2.34. The lowest BCUT2D eigenvalue weighted by Crippen LogP contribution is -2.47. The Labute approximate surface area is 124 Å². The first-order chi connectivity index (χ1) is 9.51. The minimum Gasteiger partial charge on any atom is -0.379 e. The van der Waals surface area contributed by atoms with Gasteiger partial charge in [0.15, 0.2) is 0 Å². The average Bonchev–Trinajstić information content (AvgIpc) is 2.84. The van der Waals surface area contributed by atoms with Gasteiger partial charge in [-0.05, 0) is 26.8 Å². The number of hydrogen-bond donors (Lipinski definition) is 0. The molecule has 108 valence electrons. The summed E-state index contributed by atoms with van der Waals surface area (Å²) in [6, 6.07) is 7.45. The summed E-state index contributed by atoms with van der Waals surface area (Å²) in [6.45, 7) is 7.01. The Kier molecular flexibility index (Phi) is 4.33. The normalized spacial score (nSPS) is 21.3. The van der Waals surface area contributed by atoms with E-state index < -0.39 is 5.60 Å². The Bertz CT molecular complexity index is 540. The number of benzene rings is 1. The highest BCUT2D eigenvalue weighted by Gasteiger charge is 2.44. The second-order valence-electron chi connectivity index (χ2n) is 4.99. The molecule has 0 radical (unpaired) electrons. The van der Waals surface area contributed by atoms with Gasteiger partial charge in [0.2, 0.25) is 5.60 Å². The van der Waals surface area contributed by atoms with Crippen LogP contribution in [0.1, 0.15) is 32.8 Å². The van der Waals surface area contributed by atoms with Gasteiger partial charge in [-0.1, -0.05) is 35.0 Å². The van der Waals surface area contributed by atoms with Gasteiger partial charge in [-0.2, -0.15) is 0 Å². The highest BCUT2D eigenvalue weighted by atomic mass is 35.5. The highest BCUT2D eigenvalue weighted by Crippen LogP contribution is 2.30. The molecule has 4 nitrogen and oxygen atoms in total. The lowest BCUT2D eigenvalue weighted by Gasteiger charge is -2.28. The number of nitrogens with zero attached hydrogens (tertiary/aromatic N) is 2. The smallest absolute Gasteiger partial charge is 0.269 e. The Morgan fingerprint density at radius 2 is 2.05 bits per heavy atom. The van der Waals surface area contributed by atoms with E-state index in [2.05, 4.69) is 5.16 Å². The molecule has 1 aromatic carbocycles. The molecule has 0 bridgehead atoms. The summed E-state index contributed by atoms with van der Waals surface area (Å²) in [4.78, 5) is 19.7. The standard InChI is InChI=1S/C15H19ClN2O2/c1-4-18(5-2)14(19)15(3)10-13(17-20-15)11-8-6-7-9-12(11)16/h6-9H,4-5,10H2,1-3H3. The Morgan fingerprint density at radius 3 is 2.65 bits per heavy atom. The second-order valence-corrected chi connectivity index (χ2v) is 5.40. The van der Waals surface area contributed by atoms with E-state index in [0.717, 1.165) is 11.3 Å². The Hall–Kier alpha value is -1.55. The molecular weight excluding hydrogens is 276 g/mol. The number of hydrogen-bond acceptors (Lipinski definition) is 3. The van der Waals surface area contributed by atoms with Crippen LogP contribution in [-0.2, 0) is 9.63 Å². The SMILES string of the molecule is CCN(CC)C(=O)C1(C)CC(c2ccccc2Cl)=NO1.